The van der Waals surface area contributed by atoms with Crippen LogP contribution in [0.25, 0.3) is 0 Å². The van der Waals surface area contributed by atoms with Gasteiger partial charge in [-0.2, -0.15) is 0 Å². The number of nitrogens with one attached hydrogen (secondary N) is 2. The van der Waals surface area contributed by atoms with Crippen LogP contribution in [0, 0.1) is 5.82 Å². The summed E-state index contributed by atoms with van der Waals surface area (Å²) in [5.41, 5.74) is -2.09. The van der Waals surface area contributed by atoms with Gasteiger partial charge in [0, 0.05) is 64.3 Å². The largest absolute Gasteiger partial charge is 0.493 e. The zero-order chi connectivity index (χ0) is 36.3. The van der Waals surface area contributed by atoms with E-state index in [1.165, 1.54) is 44.3 Å². The lowest BCUT2D eigenvalue weighted by molar-refractivity contribution is -0.141. The maximum absolute atomic E-state index is 14.9. The first kappa shape index (κ1) is 34.7. The van der Waals surface area contributed by atoms with Crippen LogP contribution in [0.4, 0.5) is 4.39 Å². The van der Waals surface area contributed by atoms with Crippen molar-refractivity contribution in [3.8, 4) is 28.7 Å². The molecule has 3 aromatic carbocycles. The van der Waals surface area contributed by atoms with E-state index >= 15 is 0 Å². The summed E-state index contributed by atoms with van der Waals surface area (Å²) in [5.74, 6) is -0.553. The number of rotatable bonds is 2. The van der Waals surface area contributed by atoms with E-state index in [4.69, 9.17) is 18.9 Å². The van der Waals surface area contributed by atoms with E-state index in [9.17, 15) is 28.4 Å². The van der Waals surface area contributed by atoms with E-state index in [1.54, 1.807) is 42.5 Å². The molecule has 6 bridgehead atoms. The lowest BCUT2D eigenvalue weighted by Crippen LogP contribution is -2.58. The van der Waals surface area contributed by atoms with E-state index in [1.807, 2.05) is 0 Å². The number of amides is 3. The molecule has 15 heteroatoms. The van der Waals surface area contributed by atoms with E-state index < -0.39 is 34.5 Å². The van der Waals surface area contributed by atoms with E-state index in [2.05, 4.69) is 10.6 Å². The van der Waals surface area contributed by atoms with Gasteiger partial charge in [0.05, 0.1) is 13.7 Å². The van der Waals surface area contributed by atoms with Gasteiger partial charge in [0.15, 0.2) is 17.1 Å². The van der Waals surface area contributed by atoms with Gasteiger partial charge in [0.2, 0.25) is 0 Å². The molecule has 7 rings (SSSR count). The predicted molar refractivity (Wildman–Crippen MR) is 181 cm³/mol. The minimum atomic E-state index is -1.44. The van der Waals surface area contributed by atoms with Gasteiger partial charge in [-0.3, -0.25) is 28.3 Å². The zero-order valence-corrected chi connectivity index (χ0v) is 28.2. The van der Waals surface area contributed by atoms with E-state index in [-0.39, 0.29) is 74.3 Å². The van der Waals surface area contributed by atoms with E-state index in [0.717, 1.165) is 15.2 Å². The average Bonchev–Trinajstić information content (AvgIpc) is 3.13. The fraction of sp³-hybridized carbons (Fsp3) is 0.306. The average molecular weight is 702 g/mol. The summed E-state index contributed by atoms with van der Waals surface area (Å²) in [4.78, 5) is 66.6. The van der Waals surface area contributed by atoms with Gasteiger partial charge in [0.25, 0.3) is 23.3 Å². The molecule has 4 heterocycles. The molecule has 14 nitrogen and oxygen atoms in total. The Morgan fingerprint density at radius 1 is 0.863 bits per heavy atom. The third-order valence-electron chi connectivity index (χ3n) is 8.85. The van der Waals surface area contributed by atoms with Gasteiger partial charge in [-0.05, 0) is 60.2 Å². The summed E-state index contributed by atoms with van der Waals surface area (Å²) in [6.45, 7) is 0.398. The highest BCUT2D eigenvalue weighted by Crippen LogP contribution is 2.34. The van der Waals surface area contributed by atoms with Crippen LogP contribution in [0.3, 0.4) is 0 Å². The Morgan fingerprint density at radius 3 is 2.31 bits per heavy atom. The molecular formula is C36H36FN5O9. The fourth-order valence-corrected chi connectivity index (χ4v) is 5.96. The highest BCUT2D eigenvalue weighted by Gasteiger charge is 2.45. The molecule has 4 aromatic rings. The number of fused-ring (bicyclic) bond motifs is 8. The first-order valence-electron chi connectivity index (χ1n) is 16.2. The van der Waals surface area contributed by atoms with Crippen molar-refractivity contribution in [1.29, 1.82) is 0 Å². The van der Waals surface area contributed by atoms with Gasteiger partial charge >= 0.3 is 5.69 Å². The van der Waals surface area contributed by atoms with Crippen molar-refractivity contribution in [2.45, 2.75) is 25.0 Å². The predicted octanol–water partition coefficient (Wildman–Crippen LogP) is 2.52. The molecule has 1 fully saturated rings. The van der Waals surface area contributed by atoms with Crippen LogP contribution in [-0.4, -0.2) is 70.7 Å². The summed E-state index contributed by atoms with van der Waals surface area (Å²) < 4.78 is 40.4. The molecule has 3 amide bonds. The second-order valence-electron chi connectivity index (χ2n) is 12.2. The fourth-order valence-electron chi connectivity index (χ4n) is 5.96. The number of likely N-dealkylation sites (tertiary alicyclic amines) is 1. The SMILES string of the molecule is COc1ccc2cc1Oc1cc(F)cc(c1)CNC(=O)C1(CCN(C(=O)c3cc(=O)n(C)c(=O)n3C)CC1)Oc1ccc(cc1)OCCNC2=O. The summed E-state index contributed by atoms with van der Waals surface area (Å²) >= 11 is 0. The van der Waals surface area contributed by atoms with Crippen LogP contribution >= 0.6 is 0 Å². The number of nitrogens with zero attached hydrogens (tertiary/aromatic N) is 3. The van der Waals surface area contributed by atoms with Crippen molar-refractivity contribution in [3.05, 3.63) is 110 Å². The Labute approximate surface area is 291 Å². The van der Waals surface area contributed by atoms with Crippen LogP contribution in [0.5, 0.6) is 28.7 Å². The van der Waals surface area contributed by atoms with Crippen molar-refractivity contribution >= 4 is 17.7 Å². The number of hydrogen-bond acceptors (Lipinski definition) is 9. The Balaban J connectivity index is 1.29. The number of methoxy groups -OCH3 is 1. The third kappa shape index (κ3) is 7.41. The Kier molecular flexibility index (Phi) is 9.80. The number of carbonyl (C=O) groups is 3. The van der Waals surface area contributed by atoms with Crippen molar-refractivity contribution < 1.29 is 37.7 Å². The number of ether oxygens (including phenoxy) is 4. The third-order valence-corrected chi connectivity index (χ3v) is 8.85. The molecular weight excluding hydrogens is 665 g/mol. The lowest BCUT2D eigenvalue weighted by Gasteiger charge is -2.40. The molecule has 0 saturated carbocycles. The monoisotopic (exact) mass is 701 g/mol. The van der Waals surface area contributed by atoms with Crippen molar-refractivity contribution in [3.63, 3.8) is 0 Å². The second-order valence-corrected chi connectivity index (χ2v) is 12.2. The van der Waals surface area contributed by atoms with Gasteiger partial charge in [0.1, 0.15) is 35.4 Å². The molecule has 0 atom stereocenters. The van der Waals surface area contributed by atoms with Crippen LogP contribution in [0.1, 0.15) is 39.3 Å². The molecule has 266 valence electrons. The molecule has 1 spiro atoms. The number of piperidine rings is 1. The molecule has 51 heavy (non-hydrogen) atoms. The van der Waals surface area contributed by atoms with Gasteiger partial charge in [-0.15, -0.1) is 0 Å². The topological polar surface area (TPSA) is 159 Å². The summed E-state index contributed by atoms with van der Waals surface area (Å²) in [5, 5.41) is 5.65. The van der Waals surface area contributed by atoms with Gasteiger partial charge < -0.3 is 34.5 Å². The van der Waals surface area contributed by atoms with Crippen LogP contribution in [-0.2, 0) is 25.4 Å². The van der Waals surface area contributed by atoms with Crippen molar-refractivity contribution in [2.75, 3.05) is 33.4 Å². The maximum atomic E-state index is 14.9. The second kappa shape index (κ2) is 14.4. The molecule has 0 radical (unpaired) electrons. The Morgan fingerprint density at radius 2 is 1.59 bits per heavy atom. The number of hydrogen-bond donors (Lipinski definition) is 2. The van der Waals surface area contributed by atoms with Crippen molar-refractivity contribution in [2.24, 2.45) is 14.1 Å². The van der Waals surface area contributed by atoms with Crippen LogP contribution < -0.4 is 40.8 Å². The summed E-state index contributed by atoms with van der Waals surface area (Å²) in [7, 11) is 4.18. The standard InChI is InChI=1S/C36H36FN5O9/c1-40-28(20-31(43)41(2)35(40)47)33(45)42-13-10-36(11-14-42)34(46)39-21-22-16-24(37)19-27(17-22)50-30-18-23(4-9-29(30)48-3)32(44)38-12-15-49-25-5-7-26(51-36)8-6-25/h4-9,16-20H,10-15,21H2,1-3H3,(H,38,44)(H,39,46). The first-order valence-corrected chi connectivity index (χ1v) is 16.2. The van der Waals surface area contributed by atoms with Gasteiger partial charge in [-0.1, -0.05) is 0 Å². The Bertz CT molecular complexity index is 2100. The molecule has 2 N–H and O–H groups in total. The molecule has 1 aromatic heterocycles. The van der Waals surface area contributed by atoms with E-state index in [0.29, 0.717) is 22.8 Å². The highest BCUT2D eigenvalue weighted by molar-refractivity contribution is 5.95. The van der Waals surface area contributed by atoms with Gasteiger partial charge in [-0.25, -0.2) is 9.18 Å². The normalized spacial score (nSPS) is 16.1. The molecule has 1 saturated heterocycles. The molecule has 3 aliphatic heterocycles. The molecule has 0 unspecified atom stereocenters. The number of carbonyl (C=O) groups excluding carboxylic acids is 3. The number of benzene rings is 3. The minimum Gasteiger partial charge on any atom is -0.493 e. The lowest BCUT2D eigenvalue weighted by atomic mass is 9.89. The number of halogens is 1. The summed E-state index contributed by atoms with van der Waals surface area (Å²) in [6, 6.07) is 16.3. The smallest absolute Gasteiger partial charge is 0.331 e. The highest BCUT2D eigenvalue weighted by atomic mass is 19.1. The van der Waals surface area contributed by atoms with Crippen LogP contribution in [0.2, 0.25) is 0 Å². The minimum absolute atomic E-state index is 0.0644. The quantitative estimate of drug-likeness (QED) is 0.320. The molecule has 3 aliphatic rings. The number of aromatic nitrogens is 2. The molecule has 0 aliphatic carbocycles. The maximum Gasteiger partial charge on any atom is 0.331 e. The van der Waals surface area contributed by atoms with Crippen molar-refractivity contribution in [1.82, 2.24) is 24.7 Å². The zero-order valence-electron chi connectivity index (χ0n) is 28.2. The summed E-state index contributed by atoms with van der Waals surface area (Å²) in [6.07, 6.45) is 0.129. The first-order chi connectivity index (χ1) is 24.5. The Hall–Kier alpha value is -6.12. The van der Waals surface area contributed by atoms with Crippen LogP contribution in [0.15, 0.2) is 76.3 Å².